The van der Waals surface area contributed by atoms with E-state index < -0.39 is 0 Å². The van der Waals surface area contributed by atoms with Crippen LogP contribution in [0, 0.1) is 16.7 Å². The summed E-state index contributed by atoms with van der Waals surface area (Å²) >= 11 is 0. The second-order valence-corrected chi connectivity index (χ2v) is 7.01. The maximum Gasteiger partial charge on any atom is 0.0175 e. The van der Waals surface area contributed by atoms with Crippen LogP contribution in [0.5, 0.6) is 0 Å². The molecular formula is C15H29N. The van der Waals surface area contributed by atoms with E-state index in [9.17, 15) is 0 Å². The average Bonchev–Trinajstić information content (AvgIpc) is 2.68. The molecule has 1 unspecified atom stereocenters. The Kier molecular flexibility index (Phi) is 3.36. The van der Waals surface area contributed by atoms with Crippen LogP contribution in [0.15, 0.2) is 0 Å². The summed E-state index contributed by atoms with van der Waals surface area (Å²) < 4.78 is 0. The Labute approximate surface area is 101 Å². The maximum atomic E-state index is 3.88. The van der Waals surface area contributed by atoms with E-state index in [-0.39, 0.29) is 0 Å². The number of hydrogen-bond acceptors (Lipinski definition) is 1. The summed E-state index contributed by atoms with van der Waals surface area (Å²) in [7, 11) is 0. The molecule has 0 heterocycles. The van der Waals surface area contributed by atoms with Crippen molar-refractivity contribution < 1.29 is 0 Å². The van der Waals surface area contributed by atoms with E-state index in [0.717, 1.165) is 12.0 Å². The fourth-order valence-electron chi connectivity index (χ4n) is 4.43. The number of rotatable bonds is 5. The summed E-state index contributed by atoms with van der Waals surface area (Å²) in [5, 5.41) is 3.88. The molecule has 16 heavy (non-hydrogen) atoms. The van der Waals surface area contributed by atoms with Gasteiger partial charge in [-0.25, -0.2) is 0 Å². The first-order chi connectivity index (χ1) is 7.50. The maximum absolute atomic E-state index is 3.88. The molecule has 2 fully saturated rings. The van der Waals surface area contributed by atoms with E-state index in [0.29, 0.717) is 10.8 Å². The zero-order valence-corrected chi connectivity index (χ0v) is 11.6. The highest BCUT2D eigenvalue weighted by molar-refractivity contribution is 5.11. The van der Waals surface area contributed by atoms with Crippen molar-refractivity contribution in [3.8, 4) is 0 Å². The summed E-state index contributed by atoms with van der Waals surface area (Å²) in [5.41, 5.74) is 1.12. The number of unbranched alkanes of at least 4 members (excludes halogenated alkanes) is 2. The third-order valence-corrected chi connectivity index (χ3v) is 5.40. The largest absolute Gasteiger partial charge is 0.313 e. The zero-order valence-electron chi connectivity index (χ0n) is 11.6. The Hall–Kier alpha value is -0.0400. The zero-order chi connectivity index (χ0) is 11.8. The number of fused-ring (bicyclic) bond motifs is 2. The minimum Gasteiger partial charge on any atom is -0.313 e. The van der Waals surface area contributed by atoms with Crippen LogP contribution in [-0.4, -0.2) is 12.6 Å². The molecule has 2 rings (SSSR count). The van der Waals surface area contributed by atoms with Gasteiger partial charge in [-0.3, -0.25) is 0 Å². The number of nitrogens with one attached hydrogen (secondary N) is 1. The van der Waals surface area contributed by atoms with Crippen molar-refractivity contribution in [2.45, 2.75) is 72.3 Å². The highest BCUT2D eigenvalue weighted by Crippen LogP contribution is 2.62. The Balaban J connectivity index is 1.92. The molecule has 0 spiro atoms. The molecule has 2 saturated carbocycles. The van der Waals surface area contributed by atoms with E-state index in [1.807, 2.05) is 0 Å². The lowest BCUT2D eigenvalue weighted by atomic mass is 9.68. The van der Waals surface area contributed by atoms with Crippen LogP contribution >= 0.6 is 0 Å². The van der Waals surface area contributed by atoms with Crippen LogP contribution in [0.1, 0.15) is 66.2 Å². The van der Waals surface area contributed by atoms with Crippen molar-refractivity contribution in [3.05, 3.63) is 0 Å². The molecule has 0 radical (unpaired) electrons. The molecule has 1 heteroatoms. The summed E-state index contributed by atoms with van der Waals surface area (Å²) in [4.78, 5) is 0. The van der Waals surface area contributed by atoms with E-state index >= 15 is 0 Å². The SMILES string of the molecule is CCCCCNC1C(C)(C)[C@H]2CC[C@]1(C)C2. The minimum absolute atomic E-state index is 0.527. The molecule has 0 aliphatic heterocycles. The van der Waals surface area contributed by atoms with Crippen LogP contribution in [-0.2, 0) is 0 Å². The van der Waals surface area contributed by atoms with Gasteiger partial charge in [-0.15, -0.1) is 0 Å². The molecule has 2 aliphatic rings. The van der Waals surface area contributed by atoms with Crippen LogP contribution < -0.4 is 5.32 Å². The molecule has 0 aromatic rings. The third kappa shape index (κ3) is 1.92. The van der Waals surface area contributed by atoms with Gasteiger partial charge in [-0.05, 0) is 49.0 Å². The normalized spacial score (nSPS) is 40.5. The monoisotopic (exact) mass is 223 g/mol. The van der Waals surface area contributed by atoms with Gasteiger partial charge >= 0.3 is 0 Å². The van der Waals surface area contributed by atoms with Crippen LogP contribution in [0.25, 0.3) is 0 Å². The van der Waals surface area contributed by atoms with Crippen molar-refractivity contribution in [3.63, 3.8) is 0 Å². The summed E-state index contributed by atoms with van der Waals surface area (Å²) in [5.74, 6) is 0.973. The smallest absolute Gasteiger partial charge is 0.0175 e. The van der Waals surface area contributed by atoms with E-state index in [4.69, 9.17) is 0 Å². The Morgan fingerprint density at radius 2 is 1.94 bits per heavy atom. The van der Waals surface area contributed by atoms with Gasteiger partial charge in [-0.1, -0.05) is 40.5 Å². The molecule has 2 bridgehead atoms. The van der Waals surface area contributed by atoms with Gasteiger partial charge in [0.1, 0.15) is 0 Å². The van der Waals surface area contributed by atoms with Crippen molar-refractivity contribution in [2.24, 2.45) is 16.7 Å². The van der Waals surface area contributed by atoms with Crippen LogP contribution in [0.2, 0.25) is 0 Å². The Morgan fingerprint density at radius 3 is 2.50 bits per heavy atom. The van der Waals surface area contributed by atoms with Gasteiger partial charge < -0.3 is 5.32 Å². The molecule has 0 amide bonds. The summed E-state index contributed by atoms with van der Waals surface area (Å²) in [6.45, 7) is 11.0. The lowest BCUT2D eigenvalue weighted by Gasteiger charge is -2.43. The molecule has 0 saturated heterocycles. The third-order valence-electron chi connectivity index (χ3n) is 5.40. The lowest BCUT2D eigenvalue weighted by molar-refractivity contribution is 0.109. The topological polar surface area (TPSA) is 12.0 Å². The molecule has 3 atom stereocenters. The molecule has 0 aromatic heterocycles. The van der Waals surface area contributed by atoms with Gasteiger partial charge in [0.05, 0.1) is 0 Å². The van der Waals surface area contributed by atoms with Gasteiger partial charge in [0, 0.05) is 6.04 Å². The first-order valence-electron chi connectivity index (χ1n) is 7.24. The van der Waals surface area contributed by atoms with Gasteiger partial charge in [0.2, 0.25) is 0 Å². The van der Waals surface area contributed by atoms with Gasteiger partial charge in [-0.2, -0.15) is 0 Å². The van der Waals surface area contributed by atoms with Crippen molar-refractivity contribution >= 4 is 0 Å². The molecule has 0 aromatic carbocycles. The predicted molar refractivity (Wildman–Crippen MR) is 70.5 cm³/mol. The van der Waals surface area contributed by atoms with Crippen LogP contribution in [0.3, 0.4) is 0 Å². The second kappa shape index (κ2) is 4.33. The molecule has 1 N–H and O–H groups in total. The van der Waals surface area contributed by atoms with E-state index in [2.05, 4.69) is 33.0 Å². The Morgan fingerprint density at radius 1 is 1.19 bits per heavy atom. The van der Waals surface area contributed by atoms with Gasteiger partial charge in [0.15, 0.2) is 0 Å². The van der Waals surface area contributed by atoms with Crippen molar-refractivity contribution in [1.29, 1.82) is 0 Å². The Bertz CT molecular complexity index is 241. The fourth-order valence-corrected chi connectivity index (χ4v) is 4.43. The highest BCUT2D eigenvalue weighted by Gasteiger charge is 2.58. The summed E-state index contributed by atoms with van der Waals surface area (Å²) in [6, 6.07) is 0.760. The first-order valence-corrected chi connectivity index (χ1v) is 7.24. The average molecular weight is 223 g/mol. The number of hydrogen-bond donors (Lipinski definition) is 1. The van der Waals surface area contributed by atoms with E-state index in [1.165, 1.54) is 45.1 Å². The molecule has 94 valence electrons. The van der Waals surface area contributed by atoms with Crippen LogP contribution in [0.4, 0.5) is 0 Å². The fraction of sp³-hybridized carbons (Fsp3) is 1.00. The minimum atomic E-state index is 0.527. The van der Waals surface area contributed by atoms with Gasteiger partial charge in [0.25, 0.3) is 0 Å². The van der Waals surface area contributed by atoms with Crippen molar-refractivity contribution in [2.75, 3.05) is 6.54 Å². The summed E-state index contributed by atoms with van der Waals surface area (Å²) in [6.07, 6.45) is 8.44. The molecule has 2 aliphatic carbocycles. The molecule has 1 nitrogen and oxygen atoms in total. The highest BCUT2D eigenvalue weighted by atomic mass is 15.0. The van der Waals surface area contributed by atoms with Crippen molar-refractivity contribution in [1.82, 2.24) is 5.32 Å². The molecular weight excluding hydrogens is 194 g/mol. The quantitative estimate of drug-likeness (QED) is 0.695. The first kappa shape index (κ1) is 12.4. The lowest BCUT2D eigenvalue weighted by Crippen LogP contribution is -2.50. The second-order valence-electron chi connectivity index (χ2n) is 7.01. The predicted octanol–water partition coefficient (Wildman–Crippen LogP) is 3.98. The van der Waals surface area contributed by atoms with E-state index in [1.54, 1.807) is 0 Å². The standard InChI is InChI=1S/C15H29N/c1-5-6-7-10-16-13-14(2,3)12-8-9-15(13,4)11-12/h12-13,16H,5-11H2,1-4H3/t12-,13?,15+/m0/s1.